The van der Waals surface area contributed by atoms with Gasteiger partial charge in [-0.25, -0.2) is 13.1 Å². The number of nitrogens with one attached hydrogen (secondary N) is 1. The van der Waals surface area contributed by atoms with E-state index in [0.717, 1.165) is 6.26 Å². The molecular formula is C10H16BrN3O4S. The van der Waals surface area contributed by atoms with Crippen LogP contribution in [-0.4, -0.2) is 50.5 Å². The molecular weight excluding hydrogens is 338 g/mol. The Balaban J connectivity index is 2.76. The number of rotatable bonds is 7. The van der Waals surface area contributed by atoms with Gasteiger partial charge in [0.2, 0.25) is 0 Å². The highest BCUT2D eigenvalue weighted by atomic mass is 79.9. The number of hydrogen-bond donors (Lipinski definition) is 1. The number of sulfone groups is 1. The van der Waals surface area contributed by atoms with Crippen LogP contribution in [0.4, 0.5) is 5.69 Å². The van der Waals surface area contributed by atoms with Crippen LogP contribution in [0.3, 0.4) is 0 Å². The molecule has 0 unspecified atom stereocenters. The van der Waals surface area contributed by atoms with E-state index in [2.05, 4.69) is 26.3 Å². The lowest BCUT2D eigenvalue weighted by Crippen LogP contribution is -2.26. The van der Waals surface area contributed by atoms with Gasteiger partial charge in [-0.2, -0.15) is 5.10 Å². The summed E-state index contributed by atoms with van der Waals surface area (Å²) in [4.78, 5) is 11.9. The van der Waals surface area contributed by atoms with Crippen LogP contribution in [0.1, 0.15) is 0 Å². The Labute approximate surface area is 120 Å². The van der Waals surface area contributed by atoms with Crippen LogP contribution in [0.15, 0.2) is 15.5 Å². The summed E-state index contributed by atoms with van der Waals surface area (Å²) >= 11 is 3.18. The quantitative estimate of drug-likeness (QED) is 0.748. The maximum Gasteiger partial charge on any atom is 0.283 e. The molecule has 1 aromatic rings. The van der Waals surface area contributed by atoms with E-state index in [1.165, 1.54) is 10.9 Å². The first-order valence-electron chi connectivity index (χ1n) is 5.51. The third kappa shape index (κ3) is 5.29. The molecule has 108 valence electrons. The van der Waals surface area contributed by atoms with Crippen LogP contribution < -0.4 is 10.9 Å². The van der Waals surface area contributed by atoms with E-state index >= 15 is 0 Å². The van der Waals surface area contributed by atoms with Crippen molar-refractivity contribution in [2.24, 2.45) is 0 Å². The second-order valence-electron chi connectivity index (χ2n) is 3.95. The fourth-order valence-corrected chi connectivity index (χ4v) is 2.22. The first-order chi connectivity index (χ1) is 8.85. The summed E-state index contributed by atoms with van der Waals surface area (Å²) in [6.07, 6.45) is 2.63. The Morgan fingerprint density at radius 2 is 2.21 bits per heavy atom. The monoisotopic (exact) mass is 353 g/mol. The molecule has 0 fully saturated rings. The number of methoxy groups -OCH3 is 1. The van der Waals surface area contributed by atoms with Crippen molar-refractivity contribution in [1.29, 1.82) is 0 Å². The van der Waals surface area contributed by atoms with E-state index in [-0.39, 0.29) is 17.9 Å². The minimum atomic E-state index is -3.04. The molecule has 0 spiro atoms. The standard InChI is InChI=1S/C10H16BrN3O4S/c1-18-5-4-14-10(15)9(11)8(7-13-14)12-3-6-19(2,16)17/h7,12H,3-6H2,1-2H3. The number of ether oxygens (including phenoxy) is 1. The van der Waals surface area contributed by atoms with E-state index in [9.17, 15) is 13.2 Å². The smallest absolute Gasteiger partial charge is 0.283 e. The zero-order chi connectivity index (χ0) is 14.5. The lowest BCUT2D eigenvalue weighted by molar-refractivity contribution is 0.181. The number of aromatic nitrogens is 2. The van der Waals surface area contributed by atoms with Gasteiger partial charge in [-0.15, -0.1) is 0 Å². The van der Waals surface area contributed by atoms with Crippen molar-refractivity contribution in [3.63, 3.8) is 0 Å². The third-order valence-electron chi connectivity index (χ3n) is 2.28. The summed E-state index contributed by atoms with van der Waals surface area (Å²) in [5.41, 5.74) is 0.184. The van der Waals surface area contributed by atoms with Gasteiger partial charge in [0.05, 0.1) is 30.8 Å². The van der Waals surface area contributed by atoms with Crippen molar-refractivity contribution in [3.8, 4) is 0 Å². The van der Waals surface area contributed by atoms with Crippen molar-refractivity contribution < 1.29 is 13.2 Å². The van der Waals surface area contributed by atoms with Crippen LogP contribution in [0, 0.1) is 0 Å². The SMILES string of the molecule is COCCn1ncc(NCCS(C)(=O)=O)c(Br)c1=O. The Bertz CT molecular complexity index is 585. The zero-order valence-corrected chi connectivity index (χ0v) is 13.1. The van der Waals surface area contributed by atoms with Crippen LogP contribution in [0.5, 0.6) is 0 Å². The van der Waals surface area contributed by atoms with Gasteiger partial charge < -0.3 is 10.1 Å². The fraction of sp³-hybridized carbons (Fsp3) is 0.600. The van der Waals surface area contributed by atoms with Crippen molar-refractivity contribution in [3.05, 3.63) is 21.0 Å². The Kier molecular flexibility index (Phi) is 5.95. The van der Waals surface area contributed by atoms with Crippen molar-refractivity contribution in [2.75, 3.05) is 37.6 Å². The van der Waals surface area contributed by atoms with E-state index in [1.807, 2.05) is 0 Å². The molecule has 1 N–H and O–H groups in total. The first-order valence-corrected chi connectivity index (χ1v) is 8.36. The lowest BCUT2D eigenvalue weighted by atomic mass is 10.4. The molecule has 0 amide bonds. The molecule has 0 saturated heterocycles. The highest BCUT2D eigenvalue weighted by Crippen LogP contribution is 2.15. The van der Waals surface area contributed by atoms with Gasteiger partial charge in [-0.05, 0) is 15.9 Å². The molecule has 1 aromatic heterocycles. The summed E-state index contributed by atoms with van der Waals surface area (Å²) < 4.78 is 28.5. The molecule has 0 atom stereocenters. The minimum Gasteiger partial charge on any atom is -0.383 e. The zero-order valence-electron chi connectivity index (χ0n) is 10.7. The number of anilines is 1. The molecule has 1 heterocycles. The molecule has 0 bridgehead atoms. The lowest BCUT2D eigenvalue weighted by Gasteiger charge is -2.09. The average Bonchev–Trinajstić information content (AvgIpc) is 2.32. The summed E-state index contributed by atoms with van der Waals surface area (Å²) in [6.45, 7) is 0.971. The summed E-state index contributed by atoms with van der Waals surface area (Å²) in [7, 11) is -1.49. The van der Waals surface area contributed by atoms with E-state index in [4.69, 9.17) is 4.74 Å². The van der Waals surface area contributed by atoms with Crippen LogP contribution in [0.25, 0.3) is 0 Å². The Morgan fingerprint density at radius 1 is 1.53 bits per heavy atom. The summed E-state index contributed by atoms with van der Waals surface area (Å²) in [6, 6.07) is 0. The normalized spacial score (nSPS) is 11.5. The van der Waals surface area contributed by atoms with E-state index in [0.29, 0.717) is 23.3 Å². The Hall–Kier alpha value is -0.930. The predicted octanol–water partition coefficient (Wildman–Crippen LogP) is 0.109. The third-order valence-corrected chi connectivity index (χ3v) is 3.99. The molecule has 19 heavy (non-hydrogen) atoms. The fourth-order valence-electron chi connectivity index (χ4n) is 1.30. The topological polar surface area (TPSA) is 90.3 Å². The average molecular weight is 354 g/mol. The van der Waals surface area contributed by atoms with Gasteiger partial charge in [-0.3, -0.25) is 4.79 Å². The second-order valence-corrected chi connectivity index (χ2v) is 7.00. The molecule has 0 aromatic carbocycles. The summed E-state index contributed by atoms with van der Waals surface area (Å²) in [5.74, 6) is -0.00774. The van der Waals surface area contributed by atoms with Crippen LogP contribution >= 0.6 is 15.9 Å². The van der Waals surface area contributed by atoms with Gasteiger partial charge >= 0.3 is 0 Å². The highest BCUT2D eigenvalue weighted by Gasteiger charge is 2.09. The number of halogens is 1. The van der Waals surface area contributed by atoms with Gasteiger partial charge in [0.15, 0.2) is 0 Å². The largest absolute Gasteiger partial charge is 0.383 e. The Morgan fingerprint density at radius 3 is 2.79 bits per heavy atom. The molecule has 1 rings (SSSR count). The van der Waals surface area contributed by atoms with Gasteiger partial charge in [-0.1, -0.05) is 0 Å². The molecule has 0 aliphatic rings. The van der Waals surface area contributed by atoms with Crippen molar-refractivity contribution >= 4 is 31.5 Å². The maximum absolute atomic E-state index is 11.9. The second kappa shape index (κ2) is 7.01. The van der Waals surface area contributed by atoms with Crippen molar-refractivity contribution in [1.82, 2.24) is 9.78 Å². The minimum absolute atomic E-state index is 0.00774. The van der Waals surface area contributed by atoms with E-state index < -0.39 is 9.84 Å². The highest BCUT2D eigenvalue weighted by molar-refractivity contribution is 9.10. The number of hydrogen-bond acceptors (Lipinski definition) is 6. The van der Waals surface area contributed by atoms with Crippen LogP contribution in [-0.2, 0) is 21.1 Å². The van der Waals surface area contributed by atoms with Crippen molar-refractivity contribution in [2.45, 2.75) is 6.54 Å². The number of nitrogens with zero attached hydrogens (tertiary/aromatic N) is 2. The molecule has 0 radical (unpaired) electrons. The van der Waals surface area contributed by atoms with Gasteiger partial charge in [0.25, 0.3) is 5.56 Å². The summed E-state index contributed by atoms with van der Waals surface area (Å²) in [5, 5.41) is 6.83. The maximum atomic E-state index is 11.9. The molecule has 9 heteroatoms. The van der Waals surface area contributed by atoms with Crippen LogP contribution in [0.2, 0.25) is 0 Å². The molecule has 0 aliphatic heterocycles. The predicted molar refractivity (Wildman–Crippen MR) is 76.3 cm³/mol. The first kappa shape index (κ1) is 16.1. The van der Waals surface area contributed by atoms with E-state index in [1.54, 1.807) is 7.11 Å². The molecule has 0 aliphatic carbocycles. The molecule has 0 saturated carbocycles. The van der Waals surface area contributed by atoms with Gasteiger partial charge in [0.1, 0.15) is 14.3 Å². The molecule has 7 nitrogen and oxygen atoms in total. The van der Waals surface area contributed by atoms with Gasteiger partial charge in [0, 0.05) is 19.9 Å².